The van der Waals surface area contributed by atoms with Gasteiger partial charge in [0.05, 0.1) is 18.1 Å². The fraction of sp³-hybridized carbons (Fsp3) is 0.562. The second-order valence-corrected chi connectivity index (χ2v) is 7.93. The van der Waals surface area contributed by atoms with Crippen LogP contribution in [0.1, 0.15) is 30.6 Å². The van der Waals surface area contributed by atoms with E-state index in [-0.39, 0.29) is 5.79 Å². The van der Waals surface area contributed by atoms with Crippen LogP contribution in [-0.4, -0.2) is 30.0 Å². The molecule has 4 rings (SSSR count). The summed E-state index contributed by atoms with van der Waals surface area (Å²) in [5, 5.41) is 6.89. The second kappa shape index (κ2) is 6.37. The van der Waals surface area contributed by atoms with Crippen LogP contribution in [0.15, 0.2) is 23.7 Å². The standard InChI is InChI=1S/C16H20N2O2S2/c1-2-14(21-9-1)15-18-11-13(22-15)10-17-12-3-5-16(6-4-12)19-7-8-20-16/h1-2,9,11-12,17H,3-8,10H2. The van der Waals surface area contributed by atoms with Gasteiger partial charge >= 0.3 is 0 Å². The van der Waals surface area contributed by atoms with Gasteiger partial charge in [-0.05, 0) is 24.3 Å². The Bertz CT molecular complexity index is 595. The molecule has 0 aromatic carbocycles. The van der Waals surface area contributed by atoms with E-state index >= 15 is 0 Å². The first-order valence-corrected chi connectivity index (χ1v) is 9.53. The Labute approximate surface area is 138 Å². The third kappa shape index (κ3) is 3.12. The Balaban J connectivity index is 1.29. The largest absolute Gasteiger partial charge is 0.348 e. The minimum atomic E-state index is -0.255. The third-order valence-electron chi connectivity index (χ3n) is 4.41. The first kappa shape index (κ1) is 14.8. The monoisotopic (exact) mass is 336 g/mol. The van der Waals surface area contributed by atoms with E-state index in [1.165, 1.54) is 9.75 Å². The molecule has 1 spiro atoms. The molecule has 2 aliphatic rings. The highest BCUT2D eigenvalue weighted by molar-refractivity contribution is 7.20. The molecule has 1 aliphatic heterocycles. The number of thiazole rings is 1. The van der Waals surface area contributed by atoms with E-state index in [9.17, 15) is 0 Å². The van der Waals surface area contributed by atoms with Crippen LogP contribution in [0.3, 0.4) is 0 Å². The molecule has 0 atom stereocenters. The van der Waals surface area contributed by atoms with E-state index in [1.807, 2.05) is 6.20 Å². The van der Waals surface area contributed by atoms with Gasteiger partial charge in [-0.3, -0.25) is 0 Å². The van der Waals surface area contributed by atoms with E-state index in [4.69, 9.17) is 9.47 Å². The molecule has 0 amide bonds. The number of hydrogen-bond acceptors (Lipinski definition) is 6. The molecule has 1 aliphatic carbocycles. The zero-order valence-electron chi connectivity index (χ0n) is 12.4. The number of nitrogens with zero attached hydrogens (tertiary/aromatic N) is 1. The molecule has 2 aromatic rings. The van der Waals surface area contributed by atoms with Crippen molar-refractivity contribution in [3.8, 4) is 9.88 Å². The molecule has 0 bridgehead atoms. The van der Waals surface area contributed by atoms with Crippen LogP contribution < -0.4 is 5.32 Å². The van der Waals surface area contributed by atoms with Crippen LogP contribution in [0.4, 0.5) is 0 Å². The maximum atomic E-state index is 5.78. The van der Waals surface area contributed by atoms with Gasteiger partial charge in [0.2, 0.25) is 0 Å². The summed E-state index contributed by atoms with van der Waals surface area (Å²) in [5.74, 6) is -0.255. The minimum absolute atomic E-state index is 0.255. The molecule has 22 heavy (non-hydrogen) atoms. The van der Waals surface area contributed by atoms with E-state index in [0.717, 1.165) is 50.4 Å². The molecular weight excluding hydrogens is 316 g/mol. The summed E-state index contributed by atoms with van der Waals surface area (Å²) in [6.45, 7) is 2.41. The van der Waals surface area contributed by atoms with E-state index < -0.39 is 0 Å². The summed E-state index contributed by atoms with van der Waals surface area (Å²) >= 11 is 3.53. The summed E-state index contributed by atoms with van der Waals surface area (Å²) < 4.78 is 11.6. The van der Waals surface area contributed by atoms with Crippen LogP contribution in [0.5, 0.6) is 0 Å². The van der Waals surface area contributed by atoms with Crippen molar-refractivity contribution in [1.82, 2.24) is 10.3 Å². The topological polar surface area (TPSA) is 43.4 Å². The molecule has 1 saturated heterocycles. The zero-order chi connectivity index (χ0) is 14.8. The Kier molecular flexibility index (Phi) is 4.28. The van der Waals surface area contributed by atoms with Crippen LogP contribution in [0.2, 0.25) is 0 Å². The van der Waals surface area contributed by atoms with Crippen molar-refractivity contribution in [3.63, 3.8) is 0 Å². The zero-order valence-corrected chi connectivity index (χ0v) is 14.0. The predicted octanol–water partition coefficient (Wildman–Crippen LogP) is 3.65. The maximum absolute atomic E-state index is 5.78. The fourth-order valence-corrected chi connectivity index (χ4v) is 4.86. The number of nitrogens with one attached hydrogen (secondary N) is 1. The minimum Gasteiger partial charge on any atom is -0.348 e. The first-order valence-electron chi connectivity index (χ1n) is 7.83. The van der Waals surface area contributed by atoms with Gasteiger partial charge < -0.3 is 14.8 Å². The molecular formula is C16H20N2O2S2. The Morgan fingerprint density at radius 2 is 2.09 bits per heavy atom. The highest BCUT2D eigenvalue weighted by atomic mass is 32.1. The average Bonchev–Trinajstić information content (AvgIpc) is 3.29. The molecule has 1 saturated carbocycles. The van der Waals surface area contributed by atoms with E-state index in [2.05, 4.69) is 27.8 Å². The molecule has 3 heterocycles. The normalized spacial score (nSPS) is 21.6. The molecule has 0 radical (unpaired) electrons. The lowest BCUT2D eigenvalue weighted by Crippen LogP contribution is -2.41. The number of hydrogen-bond donors (Lipinski definition) is 1. The van der Waals surface area contributed by atoms with Crippen molar-refractivity contribution in [2.45, 2.75) is 44.1 Å². The van der Waals surface area contributed by atoms with Gasteiger partial charge in [0.25, 0.3) is 0 Å². The van der Waals surface area contributed by atoms with Gasteiger partial charge in [0, 0.05) is 36.5 Å². The highest BCUT2D eigenvalue weighted by Crippen LogP contribution is 2.36. The second-order valence-electron chi connectivity index (χ2n) is 5.87. The molecule has 0 unspecified atom stereocenters. The SMILES string of the molecule is c1csc(-c2ncc(CNC3CCC4(CC3)OCCO4)s2)c1. The van der Waals surface area contributed by atoms with Crippen molar-refractivity contribution in [3.05, 3.63) is 28.6 Å². The van der Waals surface area contributed by atoms with Crippen molar-refractivity contribution >= 4 is 22.7 Å². The number of thiophene rings is 1. The summed E-state index contributed by atoms with van der Waals surface area (Å²) in [5.41, 5.74) is 0. The Morgan fingerprint density at radius 1 is 1.27 bits per heavy atom. The van der Waals surface area contributed by atoms with Crippen molar-refractivity contribution in [1.29, 1.82) is 0 Å². The highest BCUT2D eigenvalue weighted by Gasteiger charge is 2.40. The fourth-order valence-electron chi connectivity index (χ4n) is 3.20. The molecule has 4 nitrogen and oxygen atoms in total. The smallest absolute Gasteiger partial charge is 0.168 e. The summed E-state index contributed by atoms with van der Waals surface area (Å²) in [4.78, 5) is 7.09. The van der Waals surface area contributed by atoms with E-state index in [1.54, 1.807) is 22.7 Å². The summed E-state index contributed by atoms with van der Waals surface area (Å²) in [6.07, 6.45) is 6.26. The lowest BCUT2D eigenvalue weighted by molar-refractivity contribution is -0.179. The number of aromatic nitrogens is 1. The number of rotatable bonds is 4. The average molecular weight is 336 g/mol. The molecule has 2 aromatic heterocycles. The van der Waals surface area contributed by atoms with Crippen molar-refractivity contribution in [2.24, 2.45) is 0 Å². The van der Waals surface area contributed by atoms with Crippen LogP contribution in [0.25, 0.3) is 9.88 Å². The van der Waals surface area contributed by atoms with Crippen LogP contribution in [0, 0.1) is 0 Å². The molecule has 2 fully saturated rings. The lowest BCUT2D eigenvalue weighted by Gasteiger charge is -2.35. The van der Waals surface area contributed by atoms with Gasteiger partial charge in [-0.25, -0.2) is 4.98 Å². The van der Waals surface area contributed by atoms with Crippen molar-refractivity contribution < 1.29 is 9.47 Å². The third-order valence-corrected chi connectivity index (χ3v) is 6.45. The summed E-state index contributed by atoms with van der Waals surface area (Å²) in [6, 6.07) is 4.76. The molecule has 1 N–H and O–H groups in total. The van der Waals surface area contributed by atoms with E-state index in [0.29, 0.717) is 6.04 Å². The Morgan fingerprint density at radius 3 is 2.82 bits per heavy atom. The van der Waals surface area contributed by atoms with Crippen molar-refractivity contribution in [2.75, 3.05) is 13.2 Å². The van der Waals surface area contributed by atoms with Crippen LogP contribution >= 0.6 is 22.7 Å². The van der Waals surface area contributed by atoms with Crippen LogP contribution in [-0.2, 0) is 16.0 Å². The maximum Gasteiger partial charge on any atom is 0.168 e. The van der Waals surface area contributed by atoms with Gasteiger partial charge in [-0.15, -0.1) is 22.7 Å². The predicted molar refractivity (Wildman–Crippen MR) is 89.2 cm³/mol. The first-order chi connectivity index (χ1) is 10.8. The number of ether oxygens (including phenoxy) is 2. The molecule has 6 heteroatoms. The lowest BCUT2D eigenvalue weighted by atomic mass is 9.90. The quantitative estimate of drug-likeness (QED) is 0.925. The van der Waals surface area contributed by atoms with Gasteiger partial charge in [0.1, 0.15) is 5.01 Å². The Hall–Kier alpha value is -0.790. The van der Waals surface area contributed by atoms with Gasteiger partial charge in [-0.1, -0.05) is 6.07 Å². The summed E-state index contributed by atoms with van der Waals surface area (Å²) in [7, 11) is 0. The van der Waals surface area contributed by atoms with Gasteiger partial charge in [0.15, 0.2) is 5.79 Å². The molecule has 118 valence electrons. The van der Waals surface area contributed by atoms with Gasteiger partial charge in [-0.2, -0.15) is 0 Å².